The van der Waals surface area contributed by atoms with Gasteiger partial charge in [-0.1, -0.05) is 35.9 Å². The minimum absolute atomic E-state index is 0.168. The molecule has 0 heterocycles. The first kappa shape index (κ1) is 14.9. The molecule has 0 aromatic heterocycles. The summed E-state index contributed by atoms with van der Waals surface area (Å²) < 4.78 is 5.15. The third-order valence-electron chi connectivity index (χ3n) is 3.25. The normalized spacial score (nSPS) is 12.2. The SMILES string of the molecule is COc1ccc(CC(Cc2cccc(Cl)c2)NN)cc1. The summed E-state index contributed by atoms with van der Waals surface area (Å²) in [5.74, 6) is 6.52. The van der Waals surface area contributed by atoms with Crippen molar-refractivity contribution in [2.45, 2.75) is 18.9 Å². The van der Waals surface area contributed by atoms with Crippen molar-refractivity contribution in [2.75, 3.05) is 7.11 Å². The van der Waals surface area contributed by atoms with E-state index in [1.54, 1.807) is 7.11 Å². The number of benzene rings is 2. The number of rotatable bonds is 6. The van der Waals surface area contributed by atoms with Crippen molar-refractivity contribution in [1.82, 2.24) is 5.43 Å². The molecule has 3 nitrogen and oxygen atoms in total. The van der Waals surface area contributed by atoms with Gasteiger partial charge in [-0.05, 0) is 48.2 Å². The van der Waals surface area contributed by atoms with E-state index in [0.29, 0.717) is 0 Å². The van der Waals surface area contributed by atoms with Gasteiger partial charge < -0.3 is 4.74 Å². The van der Waals surface area contributed by atoms with Crippen LogP contribution in [-0.4, -0.2) is 13.2 Å². The fourth-order valence-electron chi connectivity index (χ4n) is 2.18. The fraction of sp³-hybridized carbons (Fsp3) is 0.250. The van der Waals surface area contributed by atoms with Crippen molar-refractivity contribution < 1.29 is 4.74 Å². The lowest BCUT2D eigenvalue weighted by Crippen LogP contribution is -2.38. The number of hydrogen-bond donors (Lipinski definition) is 2. The van der Waals surface area contributed by atoms with Gasteiger partial charge in [0, 0.05) is 11.1 Å². The molecule has 4 heteroatoms. The Morgan fingerprint density at radius 3 is 2.40 bits per heavy atom. The molecule has 2 rings (SSSR count). The molecule has 0 aliphatic rings. The minimum Gasteiger partial charge on any atom is -0.497 e. The van der Waals surface area contributed by atoms with Crippen LogP contribution >= 0.6 is 11.6 Å². The van der Waals surface area contributed by atoms with Crippen molar-refractivity contribution in [3.8, 4) is 5.75 Å². The van der Waals surface area contributed by atoms with Crippen LogP contribution in [0.1, 0.15) is 11.1 Å². The maximum absolute atomic E-state index is 6.00. The van der Waals surface area contributed by atoms with E-state index >= 15 is 0 Å². The monoisotopic (exact) mass is 290 g/mol. The molecule has 0 saturated carbocycles. The Balaban J connectivity index is 2.01. The summed E-state index contributed by atoms with van der Waals surface area (Å²) in [7, 11) is 1.67. The Morgan fingerprint density at radius 2 is 1.80 bits per heavy atom. The Bertz CT molecular complexity index is 542. The summed E-state index contributed by atoms with van der Waals surface area (Å²) in [5.41, 5.74) is 5.27. The average molecular weight is 291 g/mol. The molecule has 0 amide bonds. The summed E-state index contributed by atoms with van der Waals surface area (Å²) in [6.45, 7) is 0. The third kappa shape index (κ3) is 4.23. The first-order valence-electron chi connectivity index (χ1n) is 6.55. The summed E-state index contributed by atoms with van der Waals surface area (Å²) in [6, 6.07) is 16.1. The van der Waals surface area contributed by atoms with Crippen LogP contribution in [0.25, 0.3) is 0 Å². The molecule has 3 N–H and O–H groups in total. The predicted molar refractivity (Wildman–Crippen MR) is 83.0 cm³/mol. The van der Waals surface area contributed by atoms with E-state index in [-0.39, 0.29) is 6.04 Å². The highest BCUT2D eigenvalue weighted by molar-refractivity contribution is 6.30. The van der Waals surface area contributed by atoms with Crippen molar-refractivity contribution in [3.05, 3.63) is 64.7 Å². The molecule has 0 fully saturated rings. The molecule has 1 unspecified atom stereocenters. The zero-order valence-corrected chi connectivity index (χ0v) is 12.2. The topological polar surface area (TPSA) is 47.3 Å². The van der Waals surface area contributed by atoms with Gasteiger partial charge in [-0.15, -0.1) is 0 Å². The van der Waals surface area contributed by atoms with Gasteiger partial charge in [0.1, 0.15) is 5.75 Å². The molecule has 1 atom stereocenters. The first-order chi connectivity index (χ1) is 9.71. The average Bonchev–Trinajstić information content (AvgIpc) is 2.47. The molecule has 106 valence electrons. The lowest BCUT2D eigenvalue weighted by Gasteiger charge is -2.16. The lowest BCUT2D eigenvalue weighted by atomic mass is 9.99. The van der Waals surface area contributed by atoms with E-state index < -0.39 is 0 Å². The van der Waals surface area contributed by atoms with Gasteiger partial charge in [0.15, 0.2) is 0 Å². The molecule has 0 aliphatic carbocycles. The number of nitrogens with one attached hydrogen (secondary N) is 1. The molecule has 0 radical (unpaired) electrons. The summed E-state index contributed by atoms with van der Waals surface area (Å²) in [4.78, 5) is 0. The van der Waals surface area contributed by atoms with Crippen molar-refractivity contribution >= 4 is 11.6 Å². The second kappa shape index (κ2) is 7.29. The quantitative estimate of drug-likeness (QED) is 0.635. The van der Waals surface area contributed by atoms with Crippen LogP contribution < -0.4 is 16.0 Å². The van der Waals surface area contributed by atoms with Gasteiger partial charge in [-0.25, -0.2) is 0 Å². The van der Waals surface area contributed by atoms with Crippen LogP contribution in [0.3, 0.4) is 0 Å². The second-order valence-corrected chi connectivity index (χ2v) is 5.19. The van der Waals surface area contributed by atoms with Crippen LogP contribution in [0.5, 0.6) is 5.75 Å². The summed E-state index contributed by atoms with van der Waals surface area (Å²) in [5, 5.41) is 0.753. The Labute approximate surface area is 124 Å². The third-order valence-corrected chi connectivity index (χ3v) is 3.48. The Kier molecular flexibility index (Phi) is 5.41. The van der Waals surface area contributed by atoms with Crippen LogP contribution in [-0.2, 0) is 12.8 Å². The van der Waals surface area contributed by atoms with Crippen molar-refractivity contribution in [2.24, 2.45) is 5.84 Å². The number of ether oxygens (including phenoxy) is 1. The molecular formula is C16H19ClN2O. The van der Waals surface area contributed by atoms with Gasteiger partial charge in [0.2, 0.25) is 0 Å². The zero-order valence-electron chi connectivity index (χ0n) is 11.5. The van der Waals surface area contributed by atoms with E-state index in [4.69, 9.17) is 22.2 Å². The maximum Gasteiger partial charge on any atom is 0.118 e. The summed E-state index contributed by atoms with van der Waals surface area (Å²) >= 11 is 6.00. The highest BCUT2D eigenvalue weighted by Gasteiger charge is 2.09. The van der Waals surface area contributed by atoms with Gasteiger partial charge in [-0.3, -0.25) is 11.3 Å². The number of methoxy groups -OCH3 is 1. The number of halogens is 1. The van der Waals surface area contributed by atoms with E-state index in [9.17, 15) is 0 Å². The van der Waals surface area contributed by atoms with Crippen molar-refractivity contribution in [1.29, 1.82) is 0 Å². The highest BCUT2D eigenvalue weighted by Crippen LogP contribution is 2.16. The van der Waals surface area contributed by atoms with Gasteiger partial charge in [-0.2, -0.15) is 0 Å². The molecule has 0 aliphatic heterocycles. The zero-order chi connectivity index (χ0) is 14.4. The molecule has 0 saturated heterocycles. The fourth-order valence-corrected chi connectivity index (χ4v) is 2.40. The largest absolute Gasteiger partial charge is 0.497 e. The van der Waals surface area contributed by atoms with Crippen LogP contribution in [0.2, 0.25) is 5.02 Å². The molecule has 0 bridgehead atoms. The molecule has 2 aromatic carbocycles. The molecule has 20 heavy (non-hydrogen) atoms. The van der Waals surface area contributed by atoms with E-state index in [1.807, 2.05) is 30.3 Å². The van der Waals surface area contributed by atoms with E-state index in [2.05, 4.69) is 23.6 Å². The molecular weight excluding hydrogens is 272 g/mol. The maximum atomic E-state index is 6.00. The smallest absolute Gasteiger partial charge is 0.118 e. The molecule has 2 aromatic rings. The Morgan fingerprint density at radius 1 is 1.10 bits per heavy atom. The number of hydrogen-bond acceptors (Lipinski definition) is 3. The number of hydrazine groups is 1. The lowest BCUT2D eigenvalue weighted by molar-refractivity contribution is 0.414. The van der Waals surface area contributed by atoms with Crippen LogP contribution in [0, 0.1) is 0 Å². The van der Waals surface area contributed by atoms with Crippen molar-refractivity contribution in [3.63, 3.8) is 0 Å². The molecule has 0 spiro atoms. The number of nitrogens with two attached hydrogens (primary N) is 1. The standard InChI is InChI=1S/C16H19ClN2O/c1-20-16-7-5-12(6-8-16)10-15(19-18)11-13-3-2-4-14(17)9-13/h2-9,15,19H,10-11,18H2,1H3. The van der Waals surface area contributed by atoms with Crippen LogP contribution in [0.4, 0.5) is 0 Å². The van der Waals surface area contributed by atoms with E-state index in [0.717, 1.165) is 23.6 Å². The first-order valence-corrected chi connectivity index (χ1v) is 6.92. The van der Waals surface area contributed by atoms with E-state index in [1.165, 1.54) is 11.1 Å². The minimum atomic E-state index is 0.168. The van der Waals surface area contributed by atoms with Crippen LogP contribution in [0.15, 0.2) is 48.5 Å². The Hall–Kier alpha value is -1.55. The second-order valence-electron chi connectivity index (χ2n) is 4.75. The summed E-state index contributed by atoms with van der Waals surface area (Å²) in [6.07, 6.45) is 1.69. The van der Waals surface area contributed by atoms with Gasteiger partial charge >= 0.3 is 0 Å². The predicted octanol–water partition coefficient (Wildman–Crippen LogP) is 2.97. The highest BCUT2D eigenvalue weighted by atomic mass is 35.5. The van der Waals surface area contributed by atoms with Gasteiger partial charge in [0.05, 0.1) is 7.11 Å². The van der Waals surface area contributed by atoms with Gasteiger partial charge in [0.25, 0.3) is 0 Å².